The maximum Gasteiger partial charge on any atom is 0.250 e. The number of benzene rings is 1. The van der Waals surface area contributed by atoms with E-state index in [1.807, 2.05) is 13.0 Å². The minimum atomic E-state index is -2.64. The Morgan fingerprint density at radius 2 is 1.95 bits per heavy atom. The van der Waals surface area contributed by atoms with Crippen LogP contribution in [0.3, 0.4) is 0 Å². The lowest BCUT2D eigenvalue weighted by molar-refractivity contribution is -0.131. The van der Waals surface area contributed by atoms with E-state index in [4.69, 9.17) is 0 Å². The molecule has 2 heterocycles. The lowest BCUT2D eigenvalue weighted by atomic mass is 10.1. The SMILES string of the molecule is CCNC(=O)C(C#N)CC1SC(CCNc2cccc(NC(=O)CN3CCC(F)(F)CC3)c2)C(=O)N1CC. The molecule has 12 heteroatoms. The monoisotopic (exact) mass is 550 g/mol. The Morgan fingerprint density at radius 1 is 1.24 bits per heavy atom. The molecular formula is C26H36F2N6O3S. The third-order valence-corrected chi connectivity index (χ3v) is 8.19. The van der Waals surface area contributed by atoms with Crippen molar-refractivity contribution in [2.45, 2.75) is 56.1 Å². The van der Waals surface area contributed by atoms with Crippen LogP contribution < -0.4 is 16.0 Å². The maximum atomic E-state index is 13.3. The molecule has 0 bridgehead atoms. The van der Waals surface area contributed by atoms with Gasteiger partial charge < -0.3 is 20.9 Å². The number of nitrogens with zero attached hydrogens (tertiary/aromatic N) is 3. The quantitative estimate of drug-likeness (QED) is 0.366. The summed E-state index contributed by atoms with van der Waals surface area (Å²) in [6.45, 7) is 5.62. The second-order valence-corrected chi connectivity index (χ2v) is 10.9. The smallest absolute Gasteiger partial charge is 0.250 e. The molecule has 1 aromatic rings. The van der Waals surface area contributed by atoms with Crippen molar-refractivity contribution in [1.29, 1.82) is 5.26 Å². The fourth-order valence-electron chi connectivity index (χ4n) is 4.60. The molecule has 2 aliphatic rings. The van der Waals surface area contributed by atoms with Crippen molar-refractivity contribution in [3.8, 4) is 6.07 Å². The second-order valence-electron chi connectivity index (χ2n) is 9.49. The highest BCUT2D eigenvalue weighted by atomic mass is 32.2. The van der Waals surface area contributed by atoms with Crippen LogP contribution in [0.1, 0.15) is 39.5 Å². The molecule has 0 spiro atoms. The molecule has 1 aromatic carbocycles. The molecule has 3 atom stereocenters. The zero-order chi connectivity index (χ0) is 27.7. The summed E-state index contributed by atoms with van der Waals surface area (Å²) in [4.78, 5) is 40.9. The summed E-state index contributed by atoms with van der Waals surface area (Å²) in [7, 11) is 0. The van der Waals surface area contributed by atoms with E-state index < -0.39 is 11.8 Å². The van der Waals surface area contributed by atoms with Crippen LogP contribution >= 0.6 is 11.8 Å². The number of likely N-dealkylation sites (tertiary alicyclic amines) is 1. The van der Waals surface area contributed by atoms with Gasteiger partial charge in [0, 0.05) is 63.4 Å². The lowest BCUT2D eigenvalue weighted by Crippen LogP contribution is -2.42. The number of alkyl halides is 2. The molecule has 3 rings (SSSR count). The summed E-state index contributed by atoms with van der Waals surface area (Å²) in [6.07, 6.45) is 0.389. The summed E-state index contributed by atoms with van der Waals surface area (Å²) in [5, 5.41) is 17.7. The molecule has 2 saturated heterocycles. The summed E-state index contributed by atoms with van der Waals surface area (Å²) in [6, 6.07) is 9.26. The minimum Gasteiger partial charge on any atom is -0.385 e. The van der Waals surface area contributed by atoms with Crippen LogP contribution in [0.25, 0.3) is 0 Å². The molecular weight excluding hydrogens is 514 g/mol. The summed E-state index contributed by atoms with van der Waals surface area (Å²) in [5.41, 5.74) is 1.37. The van der Waals surface area contributed by atoms with Crippen molar-refractivity contribution in [3.63, 3.8) is 0 Å². The highest BCUT2D eigenvalue weighted by Gasteiger charge is 2.41. The number of hydrogen-bond acceptors (Lipinski definition) is 7. The molecule has 3 N–H and O–H groups in total. The van der Waals surface area contributed by atoms with Gasteiger partial charge >= 0.3 is 0 Å². The molecule has 0 aromatic heterocycles. The second kappa shape index (κ2) is 13.8. The predicted octanol–water partition coefficient (Wildman–Crippen LogP) is 3.11. The molecule has 208 valence electrons. The minimum absolute atomic E-state index is 0.00776. The summed E-state index contributed by atoms with van der Waals surface area (Å²) < 4.78 is 26.6. The first kappa shape index (κ1) is 29.6. The van der Waals surface area contributed by atoms with Crippen molar-refractivity contribution in [1.82, 2.24) is 15.1 Å². The predicted molar refractivity (Wildman–Crippen MR) is 144 cm³/mol. The van der Waals surface area contributed by atoms with E-state index in [0.29, 0.717) is 31.7 Å². The first-order chi connectivity index (χ1) is 18.2. The first-order valence-corrected chi connectivity index (χ1v) is 14.0. The number of carbonyl (C=O) groups excluding carboxylic acids is 3. The Bertz CT molecular complexity index is 1030. The normalized spacial score (nSPS) is 22.0. The molecule has 0 aliphatic carbocycles. The molecule has 2 fully saturated rings. The third kappa shape index (κ3) is 8.30. The van der Waals surface area contributed by atoms with Crippen molar-refractivity contribution >= 4 is 40.9 Å². The van der Waals surface area contributed by atoms with Gasteiger partial charge in [-0.2, -0.15) is 5.26 Å². The Morgan fingerprint density at radius 3 is 2.61 bits per heavy atom. The highest BCUT2D eigenvalue weighted by molar-refractivity contribution is 8.01. The number of anilines is 2. The third-order valence-electron chi connectivity index (χ3n) is 6.67. The zero-order valence-electron chi connectivity index (χ0n) is 21.8. The molecule has 9 nitrogen and oxygen atoms in total. The molecule has 38 heavy (non-hydrogen) atoms. The Kier molecular flexibility index (Phi) is 10.7. The molecule has 2 aliphatic heterocycles. The van der Waals surface area contributed by atoms with E-state index in [1.165, 1.54) is 11.8 Å². The average molecular weight is 551 g/mol. The van der Waals surface area contributed by atoms with Crippen LogP contribution in [0.5, 0.6) is 0 Å². The number of nitriles is 1. The van der Waals surface area contributed by atoms with E-state index in [9.17, 15) is 28.4 Å². The van der Waals surface area contributed by atoms with Gasteiger partial charge in [0.15, 0.2) is 0 Å². The van der Waals surface area contributed by atoms with Crippen LogP contribution in [0, 0.1) is 17.2 Å². The Balaban J connectivity index is 1.47. The van der Waals surface area contributed by atoms with Crippen LogP contribution in [-0.2, 0) is 14.4 Å². The van der Waals surface area contributed by atoms with Gasteiger partial charge in [-0.15, -0.1) is 11.8 Å². The van der Waals surface area contributed by atoms with E-state index in [-0.39, 0.29) is 67.2 Å². The number of halogens is 2. The number of thioether (sulfide) groups is 1. The fourth-order valence-corrected chi connectivity index (χ4v) is 6.18. The number of nitrogens with one attached hydrogen (secondary N) is 3. The Hall–Kier alpha value is -2.91. The van der Waals surface area contributed by atoms with Crippen molar-refractivity contribution in [2.75, 3.05) is 49.9 Å². The maximum absolute atomic E-state index is 13.3. The number of piperidine rings is 1. The van der Waals surface area contributed by atoms with Crippen LogP contribution in [0.4, 0.5) is 20.2 Å². The zero-order valence-corrected chi connectivity index (χ0v) is 22.7. The van der Waals surface area contributed by atoms with Gasteiger partial charge in [0.1, 0.15) is 5.92 Å². The van der Waals surface area contributed by atoms with E-state index in [0.717, 1.165) is 5.69 Å². The van der Waals surface area contributed by atoms with Crippen molar-refractivity contribution in [3.05, 3.63) is 24.3 Å². The molecule has 3 unspecified atom stereocenters. The molecule has 0 saturated carbocycles. The van der Waals surface area contributed by atoms with Crippen LogP contribution in [0.15, 0.2) is 24.3 Å². The highest BCUT2D eigenvalue weighted by Crippen LogP contribution is 2.37. The van der Waals surface area contributed by atoms with Crippen molar-refractivity contribution in [2.24, 2.45) is 5.92 Å². The van der Waals surface area contributed by atoms with Crippen LogP contribution in [-0.4, -0.2) is 83.3 Å². The summed E-state index contributed by atoms with van der Waals surface area (Å²) in [5.74, 6) is -4.01. The Labute approximate surface area is 226 Å². The molecule has 3 amide bonds. The number of carbonyl (C=O) groups is 3. The largest absolute Gasteiger partial charge is 0.385 e. The van der Waals surface area contributed by atoms with Gasteiger partial charge in [0.05, 0.1) is 23.2 Å². The van der Waals surface area contributed by atoms with Gasteiger partial charge in [-0.25, -0.2) is 8.78 Å². The number of hydrogen-bond donors (Lipinski definition) is 3. The lowest BCUT2D eigenvalue weighted by Gasteiger charge is -2.31. The van der Waals surface area contributed by atoms with E-state index in [2.05, 4.69) is 22.0 Å². The number of amides is 3. The average Bonchev–Trinajstić information content (AvgIpc) is 3.18. The topological polar surface area (TPSA) is 118 Å². The number of rotatable bonds is 12. The standard InChI is InChI=1S/C26H36F2N6O3S/c1-3-30-24(36)18(16-29)14-23-34(4-2)25(37)21(38-23)8-11-31-19-6-5-7-20(15-19)32-22(35)17-33-12-9-26(27,28)10-13-33/h5-7,15,18,21,23,31H,3-4,8-14,17H2,1-2H3,(H,30,36)(H,32,35). The van der Waals surface area contributed by atoms with E-state index >= 15 is 0 Å². The van der Waals surface area contributed by atoms with Gasteiger partial charge in [0.2, 0.25) is 17.7 Å². The van der Waals surface area contributed by atoms with E-state index in [1.54, 1.807) is 34.9 Å². The van der Waals surface area contributed by atoms with Gasteiger partial charge in [-0.05, 0) is 38.5 Å². The van der Waals surface area contributed by atoms with Gasteiger partial charge in [0.25, 0.3) is 5.92 Å². The van der Waals surface area contributed by atoms with Gasteiger partial charge in [-0.1, -0.05) is 6.07 Å². The molecule has 0 radical (unpaired) electrons. The fraction of sp³-hybridized carbons (Fsp3) is 0.615. The van der Waals surface area contributed by atoms with Crippen LogP contribution in [0.2, 0.25) is 0 Å². The van der Waals surface area contributed by atoms with Gasteiger partial charge in [-0.3, -0.25) is 19.3 Å². The van der Waals surface area contributed by atoms with Crippen molar-refractivity contribution < 1.29 is 23.2 Å². The summed E-state index contributed by atoms with van der Waals surface area (Å²) >= 11 is 1.49. The first-order valence-electron chi connectivity index (χ1n) is 13.0.